The number of hydrogen-bond donors (Lipinski definition) is 3. The Morgan fingerprint density at radius 1 is 0.900 bits per heavy atom. The molecule has 7 heteroatoms. The van der Waals surface area contributed by atoms with Crippen molar-refractivity contribution in [2.75, 3.05) is 10.0 Å². The van der Waals surface area contributed by atoms with Crippen LogP contribution in [0.2, 0.25) is 0 Å². The molecule has 6 nitrogen and oxygen atoms in total. The minimum Gasteiger partial charge on any atom is -0.351 e. The van der Waals surface area contributed by atoms with Crippen molar-refractivity contribution in [3.8, 4) is 0 Å². The number of aromatic nitrogens is 1. The minimum absolute atomic E-state index is 0.173. The van der Waals surface area contributed by atoms with Gasteiger partial charge in [-0.25, -0.2) is 8.42 Å². The first kappa shape index (κ1) is 19.7. The second kappa shape index (κ2) is 7.68. The van der Waals surface area contributed by atoms with Crippen LogP contribution in [0.25, 0.3) is 10.9 Å². The van der Waals surface area contributed by atoms with Gasteiger partial charge in [-0.1, -0.05) is 36.4 Å². The summed E-state index contributed by atoms with van der Waals surface area (Å²) < 4.78 is 27.9. The highest BCUT2D eigenvalue weighted by Gasteiger charge is 2.16. The number of benzene rings is 3. The van der Waals surface area contributed by atoms with Gasteiger partial charge in [-0.15, -0.1) is 0 Å². The van der Waals surface area contributed by atoms with Crippen molar-refractivity contribution in [1.82, 2.24) is 4.98 Å². The SMILES string of the molecule is Cc1ccc2cc(C(=O)Nc3ccc(C)c(NS(=O)(=O)c4ccccc4)c3)[nH]c2c1. The van der Waals surface area contributed by atoms with Gasteiger partial charge in [0.1, 0.15) is 5.69 Å². The summed E-state index contributed by atoms with van der Waals surface area (Å²) >= 11 is 0. The van der Waals surface area contributed by atoms with Gasteiger partial charge in [0.15, 0.2) is 0 Å². The molecule has 1 heterocycles. The van der Waals surface area contributed by atoms with Gasteiger partial charge in [-0.05, 0) is 61.4 Å². The zero-order valence-electron chi connectivity index (χ0n) is 16.6. The van der Waals surface area contributed by atoms with Gasteiger partial charge < -0.3 is 10.3 Å². The van der Waals surface area contributed by atoms with E-state index in [0.29, 0.717) is 17.1 Å². The highest BCUT2D eigenvalue weighted by atomic mass is 32.2. The van der Waals surface area contributed by atoms with E-state index in [4.69, 9.17) is 0 Å². The average molecular weight is 420 g/mol. The Morgan fingerprint density at radius 3 is 2.43 bits per heavy atom. The van der Waals surface area contributed by atoms with Crippen molar-refractivity contribution in [3.05, 3.63) is 89.6 Å². The van der Waals surface area contributed by atoms with E-state index in [1.807, 2.05) is 25.1 Å². The van der Waals surface area contributed by atoms with Gasteiger partial charge in [-0.2, -0.15) is 0 Å². The summed E-state index contributed by atoms with van der Waals surface area (Å²) in [5.74, 6) is -0.301. The fraction of sp³-hybridized carbons (Fsp3) is 0.0870. The molecule has 0 atom stereocenters. The highest BCUT2D eigenvalue weighted by molar-refractivity contribution is 7.92. The molecular formula is C23H21N3O3S. The molecule has 152 valence electrons. The van der Waals surface area contributed by atoms with Crippen LogP contribution in [0.4, 0.5) is 11.4 Å². The second-order valence-electron chi connectivity index (χ2n) is 7.18. The smallest absolute Gasteiger partial charge is 0.272 e. The summed E-state index contributed by atoms with van der Waals surface area (Å²) in [6.07, 6.45) is 0. The molecule has 1 amide bonds. The van der Waals surface area contributed by atoms with E-state index in [-0.39, 0.29) is 10.8 Å². The molecule has 0 spiro atoms. The molecule has 0 unspecified atom stereocenters. The number of carbonyl (C=O) groups excluding carboxylic acids is 1. The lowest BCUT2D eigenvalue weighted by atomic mass is 10.2. The van der Waals surface area contributed by atoms with Gasteiger partial charge in [0.25, 0.3) is 15.9 Å². The number of sulfonamides is 1. The Hall–Kier alpha value is -3.58. The first-order chi connectivity index (χ1) is 14.3. The number of fused-ring (bicyclic) bond motifs is 1. The van der Waals surface area contributed by atoms with Crippen LogP contribution < -0.4 is 10.0 Å². The Morgan fingerprint density at radius 2 is 1.67 bits per heavy atom. The van der Waals surface area contributed by atoms with E-state index >= 15 is 0 Å². The number of rotatable bonds is 5. The van der Waals surface area contributed by atoms with E-state index in [9.17, 15) is 13.2 Å². The van der Waals surface area contributed by atoms with Crippen molar-refractivity contribution in [2.45, 2.75) is 18.7 Å². The van der Waals surface area contributed by atoms with Gasteiger partial charge in [0.05, 0.1) is 10.6 Å². The molecule has 30 heavy (non-hydrogen) atoms. The highest BCUT2D eigenvalue weighted by Crippen LogP contribution is 2.24. The maximum Gasteiger partial charge on any atom is 0.272 e. The molecule has 0 aliphatic carbocycles. The normalized spacial score (nSPS) is 11.4. The third kappa shape index (κ3) is 4.06. The van der Waals surface area contributed by atoms with Crippen molar-refractivity contribution in [1.29, 1.82) is 0 Å². The summed E-state index contributed by atoms with van der Waals surface area (Å²) in [4.78, 5) is 16.0. The van der Waals surface area contributed by atoms with E-state index in [1.165, 1.54) is 12.1 Å². The van der Waals surface area contributed by atoms with Crippen LogP contribution in [0.15, 0.2) is 77.7 Å². The van der Waals surface area contributed by atoms with Gasteiger partial charge in [-0.3, -0.25) is 9.52 Å². The van der Waals surface area contributed by atoms with Gasteiger partial charge in [0.2, 0.25) is 0 Å². The lowest BCUT2D eigenvalue weighted by Crippen LogP contribution is -2.15. The molecule has 0 radical (unpaired) electrons. The molecule has 1 aromatic heterocycles. The molecule has 0 aliphatic heterocycles. The number of hydrogen-bond acceptors (Lipinski definition) is 3. The van der Waals surface area contributed by atoms with Crippen LogP contribution in [0.3, 0.4) is 0 Å². The number of amides is 1. The monoisotopic (exact) mass is 419 g/mol. The molecule has 0 saturated carbocycles. The first-order valence-electron chi connectivity index (χ1n) is 9.41. The van der Waals surface area contributed by atoms with Crippen LogP contribution in [-0.2, 0) is 10.0 Å². The van der Waals surface area contributed by atoms with Gasteiger partial charge in [0, 0.05) is 16.6 Å². The number of carbonyl (C=O) groups is 1. The standard InChI is InChI=1S/C23H21N3O3S/c1-15-8-10-17-13-22(25-21(17)12-15)23(27)24-18-11-9-16(2)20(14-18)26-30(28,29)19-6-4-3-5-7-19/h3-14,25-26H,1-2H3,(H,24,27). The summed E-state index contributed by atoms with van der Waals surface area (Å²) in [5, 5.41) is 3.77. The average Bonchev–Trinajstić information content (AvgIpc) is 3.14. The molecule has 0 fully saturated rings. The predicted octanol–water partition coefficient (Wildman–Crippen LogP) is 4.84. The number of aryl methyl sites for hydroxylation is 2. The van der Waals surface area contributed by atoms with E-state index in [0.717, 1.165) is 22.0 Å². The number of anilines is 2. The summed E-state index contributed by atoms with van der Waals surface area (Å²) in [7, 11) is -3.72. The van der Waals surface area contributed by atoms with Gasteiger partial charge >= 0.3 is 0 Å². The second-order valence-corrected chi connectivity index (χ2v) is 8.86. The number of H-pyrrole nitrogens is 1. The van der Waals surface area contributed by atoms with E-state index in [2.05, 4.69) is 15.0 Å². The zero-order valence-corrected chi connectivity index (χ0v) is 17.4. The Balaban J connectivity index is 1.57. The molecular weight excluding hydrogens is 398 g/mol. The topological polar surface area (TPSA) is 91.1 Å². The van der Waals surface area contributed by atoms with Crippen molar-refractivity contribution in [3.63, 3.8) is 0 Å². The molecule has 0 saturated heterocycles. The quantitative estimate of drug-likeness (QED) is 0.432. The molecule has 4 rings (SSSR count). The molecule has 4 aromatic rings. The lowest BCUT2D eigenvalue weighted by Gasteiger charge is -2.13. The maximum absolute atomic E-state index is 12.7. The molecule has 0 bridgehead atoms. The zero-order chi connectivity index (χ0) is 21.3. The first-order valence-corrected chi connectivity index (χ1v) is 10.9. The van der Waals surface area contributed by atoms with E-state index in [1.54, 1.807) is 49.4 Å². The number of aromatic amines is 1. The minimum atomic E-state index is -3.72. The molecule has 3 aromatic carbocycles. The summed E-state index contributed by atoms with van der Waals surface area (Å²) in [5.41, 5.74) is 4.07. The molecule has 0 aliphatic rings. The van der Waals surface area contributed by atoms with Crippen molar-refractivity contribution in [2.24, 2.45) is 0 Å². The summed E-state index contributed by atoms with van der Waals surface area (Å²) in [6, 6.07) is 21.0. The third-order valence-corrected chi connectivity index (χ3v) is 6.20. The largest absolute Gasteiger partial charge is 0.351 e. The van der Waals surface area contributed by atoms with Crippen LogP contribution in [0, 0.1) is 13.8 Å². The fourth-order valence-electron chi connectivity index (χ4n) is 3.17. The summed E-state index contributed by atoms with van der Waals surface area (Å²) in [6.45, 7) is 3.79. The third-order valence-electron chi connectivity index (χ3n) is 4.82. The van der Waals surface area contributed by atoms with Crippen LogP contribution in [-0.4, -0.2) is 19.3 Å². The molecule has 3 N–H and O–H groups in total. The fourth-order valence-corrected chi connectivity index (χ4v) is 4.32. The Kier molecular flexibility index (Phi) is 5.05. The van der Waals surface area contributed by atoms with Crippen molar-refractivity contribution < 1.29 is 13.2 Å². The lowest BCUT2D eigenvalue weighted by molar-refractivity contribution is 0.102. The maximum atomic E-state index is 12.7. The number of nitrogens with one attached hydrogen (secondary N) is 3. The van der Waals surface area contributed by atoms with Crippen molar-refractivity contribution >= 4 is 38.2 Å². The van der Waals surface area contributed by atoms with Crippen LogP contribution in [0.5, 0.6) is 0 Å². The van der Waals surface area contributed by atoms with Crippen LogP contribution in [0.1, 0.15) is 21.6 Å². The predicted molar refractivity (Wildman–Crippen MR) is 119 cm³/mol. The Bertz CT molecular complexity index is 1340. The Labute approximate surface area is 175 Å². The van der Waals surface area contributed by atoms with E-state index < -0.39 is 10.0 Å². The van der Waals surface area contributed by atoms with Crippen LogP contribution >= 0.6 is 0 Å².